The summed E-state index contributed by atoms with van der Waals surface area (Å²) in [6.07, 6.45) is 4.15. The monoisotopic (exact) mass is 671 g/mol. The summed E-state index contributed by atoms with van der Waals surface area (Å²) in [5.41, 5.74) is 4.65. The summed E-state index contributed by atoms with van der Waals surface area (Å²) in [4.78, 5) is 30.5. The summed E-state index contributed by atoms with van der Waals surface area (Å²) in [5.74, 6) is -0.734. The molecule has 4 aromatic carbocycles. The number of carbonyl (C=O) groups is 2. The van der Waals surface area contributed by atoms with Crippen molar-refractivity contribution in [3.63, 3.8) is 0 Å². The van der Waals surface area contributed by atoms with Gasteiger partial charge in [0.15, 0.2) is 0 Å². The summed E-state index contributed by atoms with van der Waals surface area (Å²) < 4.78 is 29.9. The largest absolute Gasteiger partial charge is 0.352 e. The summed E-state index contributed by atoms with van der Waals surface area (Å²) in [5, 5.41) is 3.76. The van der Waals surface area contributed by atoms with Crippen molar-refractivity contribution in [1.29, 1.82) is 0 Å². The molecule has 1 unspecified atom stereocenters. The van der Waals surface area contributed by atoms with E-state index in [1.165, 1.54) is 9.21 Å². The van der Waals surface area contributed by atoms with Gasteiger partial charge in [0.1, 0.15) is 12.6 Å². The first-order valence-electron chi connectivity index (χ1n) is 16.1. The minimum Gasteiger partial charge on any atom is -0.352 e. The highest BCUT2D eigenvalue weighted by Crippen LogP contribution is 2.30. The maximum atomic E-state index is 14.7. The van der Waals surface area contributed by atoms with E-state index in [4.69, 9.17) is 11.6 Å². The van der Waals surface area contributed by atoms with E-state index in [0.29, 0.717) is 10.7 Å². The number of carbonyl (C=O) groups excluding carboxylic acids is 2. The van der Waals surface area contributed by atoms with E-state index in [2.05, 4.69) is 5.32 Å². The van der Waals surface area contributed by atoms with Crippen LogP contribution in [0.2, 0.25) is 5.02 Å². The first-order valence-corrected chi connectivity index (χ1v) is 17.9. The third-order valence-electron chi connectivity index (χ3n) is 8.97. The molecule has 0 aliphatic heterocycles. The van der Waals surface area contributed by atoms with Crippen LogP contribution < -0.4 is 9.62 Å². The van der Waals surface area contributed by atoms with E-state index in [9.17, 15) is 18.0 Å². The van der Waals surface area contributed by atoms with E-state index >= 15 is 0 Å². The SMILES string of the molecule is Cc1ccc(S(=O)(=O)N(CC(=O)N(Cc2ccc(Cl)cc2)C(Cc2ccccc2)C(=O)NC2CCCC2)c2cccc(C)c2C)cc1. The van der Waals surface area contributed by atoms with Crippen molar-refractivity contribution in [3.8, 4) is 0 Å². The minimum atomic E-state index is -4.17. The van der Waals surface area contributed by atoms with Crippen molar-refractivity contribution < 1.29 is 18.0 Å². The molecule has 1 N–H and O–H groups in total. The molecule has 246 valence electrons. The van der Waals surface area contributed by atoms with Crippen LogP contribution in [0.1, 0.15) is 53.5 Å². The molecule has 0 aromatic heterocycles. The predicted molar refractivity (Wildman–Crippen MR) is 188 cm³/mol. The van der Waals surface area contributed by atoms with Crippen LogP contribution in [-0.2, 0) is 32.6 Å². The fraction of sp³-hybridized carbons (Fsp3) is 0.316. The van der Waals surface area contributed by atoms with Gasteiger partial charge in [-0.1, -0.05) is 96.7 Å². The Morgan fingerprint density at radius 3 is 2.15 bits per heavy atom. The Bertz CT molecular complexity index is 1790. The number of hydrogen-bond donors (Lipinski definition) is 1. The van der Waals surface area contributed by atoms with Gasteiger partial charge in [0.05, 0.1) is 10.6 Å². The molecule has 1 atom stereocenters. The summed E-state index contributed by atoms with van der Waals surface area (Å²) >= 11 is 6.19. The van der Waals surface area contributed by atoms with Crippen molar-refractivity contribution in [1.82, 2.24) is 10.2 Å². The number of amides is 2. The van der Waals surface area contributed by atoms with Crippen molar-refractivity contribution in [2.45, 2.75) is 76.4 Å². The number of anilines is 1. The number of nitrogens with one attached hydrogen (secondary N) is 1. The molecule has 2 amide bonds. The lowest BCUT2D eigenvalue weighted by Gasteiger charge is -2.34. The van der Waals surface area contributed by atoms with Crippen molar-refractivity contribution in [3.05, 3.63) is 130 Å². The molecular formula is C38H42ClN3O4S. The standard InChI is InChI=1S/C38H42ClN3O4S/c1-27-16-22-34(23-17-27)47(45,46)42(35-15-9-10-28(2)29(35)3)26-37(43)41(25-31-18-20-32(39)21-19-31)36(24-30-11-5-4-6-12-30)38(44)40-33-13-7-8-14-33/h4-6,9-12,15-23,33,36H,7-8,13-14,24-26H2,1-3H3,(H,40,44). The molecule has 1 saturated carbocycles. The van der Waals surface area contributed by atoms with E-state index in [-0.39, 0.29) is 29.8 Å². The molecule has 9 heteroatoms. The number of aryl methyl sites for hydroxylation is 2. The molecule has 0 radical (unpaired) electrons. The minimum absolute atomic E-state index is 0.0432. The maximum Gasteiger partial charge on any atom is 0.264 e. The number of rotatable bonds is 12. The Morgan fingerprint density at radius 2 is 1.49 bits per heavy atom. The van der Waals surface area contributed by atoms with Gasteiger partial charge in [-0.15, -0.1) is 0 Å². The van der Waals surface area contributed by atoms with Gasteiger partial charge in [0.25, 0.3) is 10.0 Å². The van der Waals surface area contributed by atoms with Crippen LogP contribution in [0.25, 0.3) is 0 Å². The molecule has 47 heavy (non-hydrogen) atoms. The highest BCUT2D eigenvalue weighted by molar-refractivity contribution is 7.92. The van der Waals surface area contributed by atoms with E-state index in [1.807, 2.05) is 69.3 Å². The topological polar surface area (TPSA) is 86.8 Å². The predicted octanol–water partition coefficient (Wildman–Crippen LogP) is 7.16. The zero-order valence-corrected chi connectivity index (χ0v) is 28.7. The third-order valence-corrected chi connectivity index (χ3v) is 11.0. The number of nitrogens with zero attached hydrogens (tertiary/aromatic N) is 2. The van der Waals surface area contributed by atoms with E-state index in [1.54, 1.807) is 48.5 Å². The van der Waals surface area contributed by atoms with Gasteiger partial charge in [0.2, 0.25) is 11.8 Å². The fourth-order valence-electron chi connectivity index (χ4n) is 6.06. The van der Waals surface area contributed by atoms with Crippen LogP contribution in [0.5, 0.6) is 0 Å². The molecular weight excluding hydrogens is 630 g/mol. The van der Waals surface area contributed by atoms with Gasteiger partial charge in [-0.25, -0.2) is 8.42 Å². The number of hydrogen-bond acceptors (Lipinski definition) is 4. The normalized spacial score (nSPS) is 14.0. The van der Waals surface area contributed by atoms with Crippen LogP contribution in [0.4, 0.5) is 5.69 Å². The molecule has 0 bridgehead atoms. The van der Waals surface area contributed by atoms with Gasteiger partial charge in [0, 0.05) is 24.0 Å². The van der Waals surface area contributed by atoms with Crippen molar-refractivity contribution in [2.24, 2.45) is 0 Å². The third kappa shape index (κ3) is 8.42. The van der Waals surface area contributed by atoms with Crippen LogP contribution in [0, 0.1) is 20.8 Å². The molecule has 0 saturated heterocycles. The smallest absolute Gasteiger partial charge is 0.264 e. The van der Waals surface area contributed by atoms with Crippen molar-refractivity contribution >= 4 is 39.1 Å². The van der Waals surface area contributed by atoms with Crippen LogP contribution in [0.15, 0.2) is 102 Å². The van der Waals surface area contributed by atoms with Crippen LogP contribution >= 0.6 is 11.6 Å². The van der Waals surface area contributed by atoms with Crippen LogP contribution in [-0.4, -0.2) is 43.8 Å². The molecule has 1 aliphatic carbocycles. The van der Waals surface area contributed by atoms with Crippen LogP contribution in [0.3, 0.4) is 0 Å². The molecule has 4 aromatic rings. The number of halogens is 1. The average molecular weight is 672 g/mol. The second-order valence-electron chi connectivity index (χ2n) is 12.4. The zero-order valence-electron chi connectivity index (χ0n) is 27.2. The summed E-state index contributed by atoms with van der Waals surface area (Å²) in [6.45, 7) is 5.26. The number of sulfonamides is 1. The van der Waals surface area contributed by atoms with E-state index < -0.39 is 28.5 Å². The first kappa shape index (κ1) is 34.2. The van der Waals surface area contributed by atoms with Gasteiger partial charge in [-0.3, -0.25) is 13.9 Å². The first-order chi connectivity index (χ1) is 22.5. The van der Waals surface area contributed by atoms with Crippen molar-refractivity contribution in [2.75, 3.05) is 10.8 Å². The lowest BCUT2D eigenvalue weighted by atomic mass is 10.0. The quantitative estimate of drug-likeness (QED) is 0.173. The Kier molecular flexibility index (Phi) is 11.0. The second kappa shape index (κ2) is 15.2. The number of benzene rings is 4. The maximum absolute atomic E-state index is 14.7. The molecule has 0 heterocycles. The van der Waals surface area contributed by atoms with Gasteiger partial charge >= 0.3 is 0 Å². The molecule has 5 rings (SSSR count). The lowest BCUT2D eigenvalue weighted by Crippen LogP contribution is -2.54. The average Bonchev–Trinajstić information content (AvgIpc) is 3.57. The second-order valence-corrected chi connectivity index (χ2v) is 14.7. The van der Waals surface area contributed by atoms with E-state index in [0.717, 1.165) is 53.5 Å². The Morgan fingerprint density at radius 1 is 0.830 bits per heavy atom. The van der Waals surface area contributed by atoms with Gasteiger partial charge in [-0.05, 0) is 86.2 Å². The Hall–Kier alpha value is -4.14. The zero-order chi connectivity index (χ0) is 33.6. The molecule has 1 aliphatic rings. The lowest BCUT2D eigenvalue weighted by molar-refractivity contribution is -0.140. The highest BCUT2D eigenvalue weighted by atomic mass is 35.5. The molecule has 0 spiro atoms. The Labute approximate surface area is 283 Å². The molecule has 7 nitrogen and oxygen atoms in total. The fourth-order valence-corrected chi connectivity index (χ4v) is 7.66. The van der Waals surface area contributed by atoms with Gasteiger partial charge < -0.3 is 10.2 Å². The summed E-state index contributed by atoms with van der Waals surface area (Å²) in [6, 6.07) is 27.9. The van der Waals surface area contributed by atoms with Gasteiger partial charge in [-0.2, -0.15) is 0 Å². The molecule has 1 fully saturated rings. The summed E-state index contributed by atoms with van der Waals surface area (Å²) in [7, 11) is -4.17. The Balaban J connectivity index is 1.58. The highest BCUT2D eigenvalue weighted by Gasteiger charge is 2.36.